The number of rotatable bonds is 7. The zero-order valence-corrected chi connectivity index (χ0v) is 37.2. The average Bonchev–Trinajstić information content (AvgIpc) is 4.09. The second-order valence-corrected chi connectivity index (χ2v) is 17.6. The molecule has 0 aliphatic rings. The number of benzene rings is 10. The fourth-order valence-electron chi connectivity index (χ4n) is 10.4. The van der Waals surface area contributed by atoms with E-state index in [1.807, 2.05) is 60.7 Å². The predicted molar refractivity (Wildman–Crippen MR) is 283 cm³/mol. The molecule has 0 aliphatic heterocycles. The Labute approximate surface area is 396 Å². The normalized spacial score (nSPS) is 11.8. The Hall–Kier alpha value is -9.39. The van der Waals surface area contributed by atoms with E-state index in [4.69, 9.17) is 19.4 Å². The summed E-state index contributed by atoms with van der Waals surface area (Å²) in [6.07, 6.45) is 0. The van der Waals surface area contributed by atoms with Crippen molar-refractivity contribution >= 4 is 65.6 Å². The number of furan rings is 1. The summed E-state index contributed by atoms with van der Waals surface area (Å²) in [5.74, 6) is 1.82. The second kappa shape index (κ2) is 15.6. The fourth-order valence-corrected chi connectivity index (χ4v) is 10.4. The number of hydrogen-bond donors (Lipinski definition) is 0. The van der Waals surface area contributed by atoms with Crippen LogP contribution in [0, 0.1) is 0 Å². The van der Waals surface area contributed by atoms with Crippen molar-refractivity contribution in [3.63, 3.8) is 0 Å². The fraction of sp³-hybridized carbons (Fsp3) is 0. The van der Waals surface area contributed by atoms with Gasteiger partial charge in [0.15, 0.2) is 11.6 Å². The van der Waals surface area contributed by atoms with Crippen molar-refractivity contribution in [2.75, 3.05) is 0 Å². The van der Waals surface area contributed by atoms with Gasteiger partial charge in [0.25, 0.3) is 0 Å². The van der Waals surface area contributed by atoms with E-state index in [1.54, 1.807) is 0 Å². The molecule has 0 aliphatic carbocycles. The Kier molecular flexibility index (Phi) is 8.79. The number of nitrogens with zero attached hydrogens (tertiary/aromatic N) is 5. The molecule has 10 aromatic carbocycles. The van der Waals surface area contributed by atoms with E-state index in [9.17, 15) is 0 Å². The smallest absolute Gasteiger partial charge is 0.238 e. The van der Waals surface area contributed by atoms with Crippen LogP contribution in [0.1, 0.15) is 0 Å². The van der Waals surface area contributed by atoms with Crippen molar-refractivity contribution in [1.82, 2.24) is 24.1 Å². The molecule has 6 heteroatoms. The van der Waals surface area contributed by atoms with Crippen molar-refractivity contribution in [2.45, 2.75) is 0 Å². The summed E-state index contributed by atoms with van der Waals surface area (Å²) in [6.45, 7) is 0. The summed E-state index contributed by atoms with van der Waals surface area (Å²) >= 11 is 0. The lowest BCUT2D eigenvalue weighted by molar-refractivity contribution is 0.669. The van der Waals surface area contributed by atoms with Gasteiger partial charge in [0.05, 0.1) is 22.1 Å². The van der Waals surface area contributed by atoms with Crippen LogP contribution in [0.15, 0.2) is 241 Å². The molecule has 14 aromatic rings. The van der Waals surface area contributed by atoms with Crippen LogP contribution in [0.5, 0.6) is 0 Å². The highest BCUT2D eigenvalue weighted by Gasteiger charge is 2.21. The first-order valence-electron chi connectivity index (χ1n) is 23.3. The largest absolute Gasteiger partial charge is 0.456 e. The zero-order chi connectivity index (χ0) is 45.4. The lowest BCUT2D eigenvalue weighted by atomic mass is 9.96. The first kappa shape index (κ1) is 38.8. The minimum Gasteiger partial charge on any atom is -0.456 e. The van der Waals surface area contributed by atoms with Crippen LogP contribution in [0.2, 0.25) is 0 Å². The number of para-hydroxylation sites is 2. The van der Waals surface area contributed by atoms with Gasteiger partial charge in [0, 0.05) is 49.1 Å². The maximum atomic E-state index is 6.61. The molecule has 0 radical (unpaired) electrons. The highest BCUT2D eigenvalue weighted by Crippen LogP contribution is 2.42. The first-order valence-corrected chi connectivity index (χ1v) is 23.3. The number of aromatic nitrogens is 5. The van der Waals surface area contributed by atoms with Gasteiger partial charge in [-0.25, -0.2) is 4.98 Å². The molecule has 4 aromatic heterocycles. The minimum atomic E-state index is 0.570. The molecule has 69 heavy (non-hydrogen) atoms. The van der Waals surface area contributed by atoms with Crippen LogP contribution in [0.25, 0.3) is 133 Å². The van der Waals surface area contributed by atoms with Gasteiger partial charge in [-0.05, 0) is 100 Å². The van der Waals surface area contributed by atoms with E-state index >= 15 is 0 Å². The molecular weight excluding hydrogens is 843 g/mol. The topological polar surface area (TPSA) is 61.7 Å². The van der Waals surface area contributed by atoms with Crippen molar-refractivity contribution in [3.8, 4) is 67.8 Å². The molecule has 0 saturated carbocycles. The summed E-state index contributed by atoms with van der Waals surface area (Å²) < 4.78 is 11.2. The van der Waals surface area contributed by atoms with Gasteiger partial charge in [0.2, 0.25) is 5.95 Å². The van der Waals surface area contributed by atoms with Crippen LogP contribution < -0.4 is 0 Å². The summed E-state index contributed by atoms with van der Waals surface area (Å²) in [7, 11) is 0. The van der Waals surface area contributed by atoms with E-state index in [2.05, 4.69) is 185 Å². The Balaban J connectivity index is 0.898. The molecule has 0 spiro atoms. The van der Waals surface area contributed by atoms with Gasteiger partial charge in [-0.2, -0.15) is 9.97 Å². The van der Waals surface area contributed by atoms with Gasteiger partial charge in [-0.15, -0.1) is 0 Å². The van der Waals surface area contributed by atoms with E-state index in [-0.39, 0.29) is 0 Å². The van der Waals surface area contributed by atoms with Crippen molar-refractivity contribution in [3.05, 3.63) is 237 Å². The number of hydrogen-bond acceptors (Lipinski definition) is 4. The highest BCUT2D eigenvalue weighted by atomic mass is 16.3. The molecular formula is C63H39N5O. The Morgan fingerprint density at radius 1 is 0.290 bits per heavy atom. The monoisotopic (exact) mass is 881 g/mol. The molecule has 14 rings (SSSR count). The Bertz CT molecular complexity index is 4240. The van der Waals surface area contributed by atoms with Crippen LogP contribution in [0.4, 0.5) is 0 Å². The second-order valence-electron chi connectivity index (χ2n) is 17.6. The molecule has 6 nitrogen and oxygen atoms in total. The maximum Gasteiger partial charge on any atom is 0.238 e. The third-order valence-electron chi connectivity index (χ3n) is 13.6. The molecule has 0 N–H and O–H groups in total. The Morgan fingerprint density at radius 3 is 1.46 bits per heavy atom. The molecule has 0 amide bonds. The molecule has 0 bridgehead atoms. The maximum absolute atomic E-state index is 6.61. The average molecular weight is 882 g/mol. The summed E-state index contributed by atoms with van der Waals surface area (Å²) in [6, 6.07) is 83.5. The van der Waals surface area contributed by atoms with Gasteiger partial charge in [-0.1, -0.05) is 170 Å². The predicted octanol–water partition coefficient (Wildman–Crippen LogP) is 16.3. The third kappa shape index (κ3) is 6.38. The first-order chi connectivity index (χ1) is 34.2. The van der Waals surface area contributed by atoms with Gasteiger partial charge < -0.3 is 8.98 Å². The zero-order valence-electron chi connectivity index (χ0n) is 37.2. The van der Waals surface area contributed by atoms with E-state index in [0.717, 1.165) is 88.3 Å². The van der Waals surface area contributed by atoms with Crippen LogP contribution >= 0.6 is 0 Å². The Morgan fingerprint density at radius 2 is 0.783 bits per heavy atom. The van der Waals surface area contributed by atoms with E-state index in [0.29, 0.717) is 17.6 Å². The number of fused-ring (bicyclic) bond motifs is 9. The van der Waals surface area contributed by atoms with Gasteiger partial charge >= 0.3 is 0 Å². The van der Waals surface area contributed by atoms with Gasteiger partial charge in [-0.3, -0.25) is 4.57 Å². The van der Waals surface area contributed by atoms with Crippen molar-refractivity contribution < 1.29 is 4.42 Å². The molecule has 0 fully saturated rings. The lowest BCUT2D eigenvalue weighted by Gasteiger charge is -2.11. The summed E-state index contributed by atoms with van der Waals surface area (Å²) in [5.41, 5.74) is 16.0. The standard InChI is InChI=1S/C63H39N5O/c1-4-16-40(17-5-1)43-22-14-23-47(36-43)67-54-27-12-10-24-49(54)52-39-46(31-34-56(52)67)48-26-15-29-59-60(48)53-38-45(32-35-58(53)69-59)44-30-33-57-51(37-44)50-25-11-13-28-55(50)68(57)63-65-61(41-18-6-2-7-19-41)64-62(66-63)42-20-8-3-9-21-42/h1-39H. The van der Waals surface area contributed by atoms with Crippen LogP contribution in [-0.2, 0) is 0 Å². The lowest BCUT2D eigenvalue weighted by Crippen LogP contribution is -2.06. The summed E-state index contributed by atoms with van der Waals surface area (Å²) in [5, 5.41) is 6.83. The minimum absolute atomic E-state index is 0.570. The van der Waals surface area contributed by atoms with Crippen molar-refractivity contribution in [1.29, 1.82) is 0 Å². The summed E-state index contributed by atoms with van der Waals surface area (Å²) in [4.78, 5) is 15.2. The van der Waals surface area contributed by atoms with E-state index in [1.165, 1.54) is 27.4 Å². The molecule has 4 heterocycles. The van der Waals surface area contributed by atoms with Crippen LogP contribution in [-0.4, -0.2) is 24.1 Å². The molecule has 0 unspecified atom stereocenters. The molecule has 322 valence electrons. The SMILES string of the molecule is c1ccc(-c2cccc(-n3c4ccccc4c4cc(-c5cccc6oc7ccc(-c8ccc9c(c8)c8ccccc8n9-c8nc(-c9ccccc9)nc(-c9ccccc9)n8)cc7c56)ccc43)c2)cc1. The van der Waals surface area contributed by atoms with Gasteiger partial charge in [0.1, 0.15) is 11.2 Å². The van der Waals surface area contributed by atoms with E-state index < -0.39 is 0 Å². The molecule has 0 atom stereocenters. The highest BCUT2D eigenvalue weighted by molar-refractivity contribution is 6.16. The third-order valence-corrected chi connectivity index (χ3v) is 13.6. The quantitative estimate of drug-likeness (QED) is 0.160. The molecule has 0 saturated heterocycles. The van der Waals surface area contributed by atoms with Crippen molar-refractivity contribution in [2.24, 2.45) is 0 Å². The van der Waals surface area contributed by atoms with Crippen LogP contribution in [0.3, 0.4) is 0 Å².